The average Bonchev–Trinajstić information content (AvgIpc) is 1.81. The van der Waals surface area contributed by atoms with E-state index < -0.39 is 0 Å². The molecule has 1 aliphatic carbocycles. The molecule has 1 amide bonds. The van der Waals surface area contributed by atoms with Crippen LogP contribution in [-0.4, -0.2) is 22.9 Å². The van der Waals surface area contributed by atoms with Gasteiger partial charge < -0.3 is 4.90 Å². The van der Waals surface area contributed by atoms with Crippen LogP contribution in [0.4, 0.5) is 0 Å². The van der Waals surface area contributed by atoms with Crippen molar-refractivity contribution >= 4 is 5.91 Å². The number of rotatable bonds is 1. The van der Waals surface area contributed by atoms with Gasteiger partial charge in [-0.25, -0.2) is 0 Å². The summed E-state index contributed by atoms with van der Waals surface area (Å²) in [5.41, 5.74) is 0.316. The predicted molar refractivity (Wildman–Crippen MR) is 47.7 cm³/mol. The van der Waals surface area contributed by atoms with Gasteiger partial charge in [0.15, 0.2) is 0 Å². The van der Waals surface area contributed by atoms with E-state index in [0.29, 0.717) is 5.54 Å². The van der Waals surface area contributed by atoms with Crippen molar-refractivity contribution in [3.8, 4) is 0 Å². The molecule has 1 aliphatic heterocycles. The fourth-order valence-corrected chi connectivity index (χ4v) is 2.22. The molecule has 1 saturated carbocycles. The first kappa shape index (κ1) is 7.84. The first-order valence-corrected chi connectivity index (χ1v) is 4.73. The topological polar surface area (TPSA) is 20.3 Å². The standard InChI is InChI=1S/C10H15NO/c1-2-4-9(12)11-8-7-10(11)5-3-6-10/h2,4H,3,5-8H2,1H3/b4-2+. The molecule has 1 saturated heterocycles. The molecule has 2 nitrogen and oxygen atoms in total. The van der Waals surface area contributed by atoms with E-state index >= 15 is 0 Å². The molecular weight excluding hydrogens is 150 g/mol. The van der Waals surface area contributed by atoms with Gasteiger partial charge in [0.25, 0.3) is 0 Å². The molecule has 0 unspecified atom stereocenters. The van der Waals surface area contributed by atoms with Crippen LogP contribution in [0.5, 0.6) is 0 Å². The quantitative estimate of drug-likeness (QED) is 0.542. The lowest BCUT2D eigenvalue weighted by atomic mass is 9.68. The van der Waals surface area contributed by atoms with Gasteiger partial charge in [-0.3, -0.25) is 4.79 Å². The second-order valence-electron chi connectivity index (χ2n) is 3.82. The van der Waals surface area contributed by atoms with E-state index in [-0.39, 0.29) is 5.91 Å². The third-order valence-electron chi connectivity index (χ3n) is 3.23. The summed E-state index contributed by atoms with van der Waals surface area (Å²) >= 11 is 0. The number of hydrogen-bond donors (Lipinski definition) is 0. The van der Waals surface area contributed by atoms with E-state index in [0.717, 1.165) is 6.54 Å². The number of allylic oxidation sites excluding steroid dienone is 1. The van der Waals surface area contributed by atoms with Gasteiger partial charge >= 0.3 is 0 Å². The molecule has 2 aliphatic rings. The third kappa shape index (κ3) is 0.904. The van der Waals surface area contributed by atoms with Crippen molar-refractivity contribution in [2.75, 3.05) is 6.54 Å². The van der Waals surface area contributed by atoms with Gasteiger partial charge in [-0.2, -0.15) is 0 Å². The van der Waals surface area contributed by atoms with E-state index in [9.17, 15) is 4.79 Å². The molecule has 2 rings (SSSR count). The lowest BCUT2D eigenvalue weighted by Gasteiger charge is -2.58. The van der Waals surface area contributed by atoms with Crippen LogP contribution in [0, 0.1) is 0 Å². The fraction of sp³-hybridized carbons (Fsp3) is 0.700. The Kier molecular flexibility index (Phi) is 1.71. The molecule has 0 radical (unpaired) electrons. The Bertz CT molecular complexity index is 222. The monoisotopic (exact) mass is 165 g/mol. The highest BCUT2D eigenvalue weighted by Crippen LogP contribution is 2.46. The molecule has 1 heterocycles. The first-order valence-electron chi connectivity index (χ1n) is 4.73. The van der Waals surface area contributed by atoms with Gasteiger partial charge in [-0.05, 0) is 38.7 Å². The maximum Gasteiger partial charge on any atom is 0.246 e. The summed E-state index contributed by atoms with van der Waals surface area (Å²) in [6.07, 6.45) is 8.51. The summed E-state index contributed by atoms with van der Waals surface area (Å²) in [6, 6.07) is 0. The smallest absolute Gasteiger partial charge is 0.246 e. The SMILES string of the molecule is C/C=C/C(=O)N1CCC12CCC2. The maximum atomic E-state index is 11.5. The Labute approximate surface area is 73.2 Å². The molecule has 0 bridgehead atoms. The van der Waals surface area contributed by atoms with Gasteiger partial charge in [-0.1, -0.05) is 6.08 Å². The molecule has 0 aromatic heterocycles. The van der Waals surface area contributed by atoms with Gasteiger partial charge in [0.2, 0.25) is 5.91 Å². The number of amides is 1. The Balaban J connectivity index is 2.01. The van der Waals surface area contributed by atoms with Crippen molar-refractivity contribution < 1.29 is 4.79 Å². The molecule has 66 valence electrons. The second kappa shape index (κ2) is 2.61. The Morgan fingerprint density at radius 1 is 1.42 bits per heavy atom. The number of carbonyl (C=O) groups excluding carboxylic acids is 1. The van der Waals surface area contributed by atoms with Crippen molar-refractivity contribution in [2.24, 2.45) is 0 Å². The first-order chi connectivity index (χ1) is 5.78. The number of carbonyl (C=O) groups is 1. The zero-order chi connectivity index (χ0) is 8.60. The van der Waals surface area contributed by atoms with E-state index in [2.05, 4.69) is 0 Å². The van der Waals surface area contributed by atoms with Crippen LogP contribution in [0.1, 0.15) is 32.6 Å². The van der Waals surface area contributed by atoms with Crippen molar-refractivity contribution in [3.63, 3.8) is 0 Å². The summed E-state index contributed by atoms with van der Waals surface area (Å²) < 4.78 is 0. The molecule has 12 heavy (non-hydrogen) atoms. The summed E-state index contributed by atoms with van der Waals surface area (Å²) in [6.45, 7) is 2.87. The van der Waals surface area contributed by atoms with Gasteiger partial charge in [0, 0.05) is 12.1 Å². The van der Waals surface area contributed by atoms with Gasteiger partial charge in [0.1, 0.15) is 0 Å². The third-order valence-corrected chi connectivity index (χ3v) is 3.23. The number of nitrogens with zero attached hydrogens (tertiary/aromatic N) is 1. The Hall–Kier alpha value is -0.790. The number of hydrogen-bond acceptors (Lipinski definition) is 1. The van der Waals surface area contributed by atoms with Crippen molar-refractivity contribution in [3.05, 3.63) is 12.2 Å². The van der Waals surface area contributed by atoms with Crippen LogP contribution in [0.2, 0.25) is 0 Å². The molecule has 1 spiro atoms. The maximum absolute atomic E-state index is 11.5. The zero-order valence-corrected chi connectivity index (χ0v) is 7.55. The largest absolute Gasteiger partial charge is 0.333 e. The van der Waals surface area contributed by atoms with Crippen molar-refractivity contribution in [2.45, 2.75) is 38.1 Å². The normalized spacial score (nSPS) is 25.6. The molecular formula is C10H15NO. The summed E-state index contributed by atoms with van der Waals surface area (Å²) in [7, 11) is 0. The lowest BCUT2D eigenvalue weighted by Crippen LogP contribution is -2.65. The molecule has 0 aromatic carbocycles. The molecule has 2 fully saturated rings. The minimum Gasteiger partial charge on any atom is -0.333 e. The number of likely N-dealkylation sites (tertiary alicyclic amines) is 1. The minimum atomic E-state index is 0.212. The van der Waals surface area contributed by atoms with Crippen molar-refractivity contribution in [1.82, 2.24) is 4.90 Å². The summed E-state index contributed by atoms with van der Waals surface area (Å²) in [4.78, 5) is 13.5. The van der Waals surface area contributed by atoms with Crippen LogP contribution in [0.15, 0.2) is 12.2 Å². The highest BCUT2D eigenvalue weighted by Gasteiger charge is 2.50. The highest BCUT2D eigenvalue weighted by molar-refractivity contribution is 5.89. The highest BCUT2D eigenvalue weighted by atomic mass is 16.2. The Morgan fingerprint density at radius 2 is 2.17 bits per heavy atom. The predicted octanol–water partition coefficient (Wildman–Crippen LogP) is 1.72. The van der Waals surface area contributed by atoms with E-state index in [1.807, 2.05) is 17.9 Å². The lowest BCUT2D eigenvalue weighted by molar-refractivity contribution is -0.150. The average molecular weight is 165 g/mol. The Morgan fingerprint density at radius 3 is 2.50 bits per heavy atom. The van der Waals surface area contributed by atoms with Crippen LogP contribution in [0.3, 0.4) is 0 Å². The zero-order valence-electron chi connectivity index (χ0n) is 7.55. The summed E-state index contributed by atoms with van der Waals surface area (Å²) in [5, 5.41) is 0. The van der Waals surface area contributed by atoms with Crippen LogP contribution < -0.4 is 0 Å². The molecule has 0 N–H and O–H groups in total. The fourth-order valence-electron chi connectivity index (χ4n) is 2.22. The van der Waals surface area contributed by atoms with Crippen molar-refractivity contribution in [1.29, 1.82) is 0 Å². The van der Waals surface area contributed by atoms with E-state index in [4.69, 9.17) is 0 Å². The molecule has 2 heteroatoms. The molecule has 0 aromatic rings. The van der Waals surface area contributed by atoms with E-state index in [1.165, 1.54) is 25.7 Å². The van der Waals surface area contributed by atoms with Gasteiger partial charge in [-0.15, -0.1) is 0 Å². The van der Waals surface area contributed by atoms with Crippen LogP contribution in [-0.2, 0) is 4.79 Å². The minimum absolute atomic E-state index is 0.212. The van der Waals surface area contributed by atoms with Crippen LogP contribution in [0.25, 0.3) is 0 Å². The van der Waals surface area contributed by atoms with Gasteiger partial charge in [0.05, 0.1) is 0 Å². The van der Waals surface area contributed by atoms with E-state index in [1.54, 1.807) is 6.08 Å². The van der Waals surface area contributed by atoms with Crippen LogP contribution >= 0.6 is 0 Å². The molecule has 0 atom stereocenters. The second-order valence-corrected chi connectivity index (χ2v) is 3.82. The summed E-state index contributed by atoms with van der Waals surface area (Å²) in [5.74, 6) is 0.212.